The van der Waals surface area contributed by atoms with Gasteiger partial charge < -0.3 is 0 Å². The fourth-order valence-corrected chi connectivity index (χ4v) is 2.42. The number of Topliss-reactive ketones (excluding diaryl/α,β-unsaturated/α-hetero) is 1. The summed E-state index contributed by atoms with van der Waals surface area (Å²) in [6.45, 7) is 3.84. The van der Waals surface area contributed by atoms with Gasteiger partial charge in [-0.2, -0.15) is 0 Å². The highest BCUT2D eigenvalue weighted by molar-refractivity contribution is 5.87. The molecule has 1 nitrogen and oxygen atoms in total. The predicted molar refractivity (Wildman–Crippen MR) is 61.7 cm³/mol. The summed E-state index contributed by atoms with van der Waals surface area (Å²) in [5, 5.41) is 0. The molecule has 0 radical (unpaired) electrons. The molecule has 0 N–H and O–H groups in total. The molecule has 1 aromatic rings. The molecule has 0 aromatic heterocycles. The first-order chi connectivity index (χ1) is 7.33. The van der Waals surface area contributed by atoms with Crippen molar-refractivity contribution in [2.45, 2.75) is 25.2 Å². The minimum Gasteiger partial charge on any atom is -0.299 e. The van der Waals surface area contributed by atoms with Crippen LogP contribution < -0.4 is 0 Å². The Morgan fingerprint density at radius 2 is 2.00 bits per heavy atom. The molecule has 1 heteroatoms. The van der Waals surface area contributed by atoms with Crippen LogP contribution >= 0.6 is 0 Å². The molecule has 0 amide bonds. The van der Waals surface area contributed by atoms with Gasteiger partial charge in [-0.05, 0) is 24.3 Å². The van der Waals surface area contributed by atoms with Crippen molar-refractivity contribution in [3.8, 4) is 0 Å². The zero-order valence-electron chi connectivity index (χ0n) is 8.86. The maximum atomic E-state index is 11.9. The number of benzene rings is 1. The van der Waals surface area contributed by atoms with Gasteiger partial charge >= 0.3 is 0 Å². The molecular formula is C14H16O. The largest absolute Gasteiger partial charge is 0.299 e. The summed E-state index contributed by atoms with van der Waals surface area (Å²) < 4.78 is 0. The second-order valence-electron chi connectivity index (χ2n) is 4.15. The van der Waals surface area contributed by atoms with Crippen LogP contribution in [0.2, 0.25) is 0 Å². The lowest BCUT2D eigenvalue weighted by Gasteiger charge is -2.28. The molecule has 0 heterocycles. The molecule has 1 fully saturated rings. The molecule has 2 atom stereocenters. The van der Waals surface area contributed by atoms with Gasteiger partial charge in [0, 0.05) is 12.3 Å². The van der Waals surface area contributed by atoms with Crippen molar-refractivity contribution in [1.82, 2.24) is 0 Å². The highest BCUT2D eigenvalue weighted by Gasteiger charge is 2.30. The Hall–Kier alpha value is -1.37. The van der Waals surface area contributed by atoms with Gasteiger partial charge in [0.15, 0.2) is 0 Å². The van der Waals surface area contributed by atoms with Gasteiger partial charge in [-0.1, -0.05) is 36.4 Å². The Bertz CT molecular complexity index is 353. The standard InChI is InChI=1S/C14H16O/c1-2-11-9-6-10-13(15)14(11)12-7-4-3-5-8-12/h2-5,7-8,11,14H,1,6,9-10H2/t11-,14-/m1/s1. The average Bonchev–Trinajstić information content (AvgIpc) is 2.29. The normalized spacial score (nSPS) is 26.3. The van der Waals surface area contributed by atoms with E-state index >= 15 is 0 Å². The lowest BCUT2D eigenvalue weighted by Crippen LogP contribution is -2.25. The molecular weight excluding hydrogens is 184 g/mol. The van der Waals surface area contributed by atoms with Crippen molar-refractivity contribution in [2.24, 2.45) is 5.92 Å². The smallest absolute Gasteiger partial charge is 0.140 e. The molecule has 1 aliphatic carbocycles. The minimum atomic E-state index is 0.0532. The van der Waals surface area contributed by atoms with E-state index in [4.69, 9.17) is 0 Å². The minimum absolute atomic E-state index is 0.0532. The van der Waals surface area contributed by atoms with E-state index in [1.54, 1.807) is 0 Å². The first-order valence-electron chi connectivity index (χ1n) is 5.53. The summed E-state index contributed by atoms with van der Waals surface area (Å²) in [7, 11) is 0. The number of allylic oxidation sites excluding steroid dienone is 1. The Balaban J connectivity index is 2.31. The third-order valence-electron chi connectivity index (χ3n) is 3.20. The van der Waals surface area contributed by atoms with Crippen LogP contribution in [0.25, 0.3) is 0 Å². The van der Waals surface area contributed by atoms with Gasteiger partial charge in [0.1, 0.15) is 5.78 Å². The first-order valence-corrected chi connectivity index (χ1v) is 5.53. The third-order valence-corrected chi connectivity index (χ3v) is 3.20. The van der Waals surface area contributed by atoms with Gasteiger partial charge in [-0.25, -0.2) is 0 Å². The first kappa shape index (κ1) is 10.2. The molecule has 1 aromatic carbocycles. The highest BCUT2D eigenvalue weighted by Crippen LogP contribution is 2.35. The summed E-state index contributed by atoms with van der Waals surface area (Å²) in [6, 6.07) is 10.1. The van der Waals surface area contributed by atoms with E-state index in [0.717, 1.165) is 24.8 Å². The van der Waals surface area contributed by atoms with Crippen molar-refractivity contribution in [2.75, 3.05) is 0 Å². The van der Waals surface area contributed by atoms with Crippen molar-refractivity contribution in [3.05, 3.63) is 48.6 Å². The van der Waals surface area contributed by atoms with E-state index in [2.05, 4.69) is 6.58 Å². The maximum Gasteiger partial charge on any atom is 0.140 e. The monoisotopic (exact) mass is 200 g/mol. The van der Waals surface area contributed by atoms with Crippen LogP contribution in [0.5, 0.6) is 0 Å². The molecule has 2 rings (SSSR count). The molecule has 1 saturated carbocycles. The van der Waals surface area contributed by atoms with Crippen LogP contribution in [0.4, 0.5) is 0 Å². The number of hydrogen-bond acceptors (Lipinski definition) is 1. The Kier molecular flexibility index (Phi) is 3.00. The predicted octanol–water partition coefficient (Wildman–Crippen LogP) is 3.33. The van der Waals surface area contributed by atoms with Gasteiger partial charge in [0.05, 0.1) is 0 Å². The molecule has 0 saturated heterocycles. The van der Waals surface area contributed by atoms with E-state index in [1.165, 1.54) is 0 Å². The van der Waals surface area contributed by atoms with Crippen molar-refractivity contribution in [3.63, 3.8) is 0 Å². The van der Waals surface area contributed by atoms with E-state index in [1.807, 2.05) is 36.4 Å². The van der Waals surface area contributed by atoms with Gasteiger partial charge in [-0.15, -0.1) is 6.58 Å². The van der Waals surface area contributed by atoms with E-state index in [9.17, 15) is 4.79 Å². The maximum absolute atomic E-state index is 11.9. The molecule has 15 heavy (non-hydrogen) atoms. The van der Waals surface area contributed by atoms with Crippen LogP contribution in [0.3, 0.4) is 0 Å². The number of rotatable bonds is 2. The van der Waals surface area contributed by atoms with Gasteiger partial charge in [-0.3, -0.25) is 4.79 Å². The summed E-state index contributed by atoms with van der Waals surface area (Å²) in [6.07, 6.45) is 4.77. The molecule has 78 valence electrons. The number of hydrogen-bond donors (Lipinski definition) is 0. The Morgan fingerprint density at radius 3 is 2.67 bits per heavy atom. The van der Waals surface area contributed by atoms with E-state index in [-0.39, 0.29) is 5.92 Å². The SMILES string of the molecule is C=C[C@@H]1CCCC(=O)[C@H]1c1ccccc1. The second kappa shape index (κ2) is 4.43. The topological polar surface area (TPSA) is 17.1 Å². The van der Waals surface area contributed by atoms with Crippen LogP contribution in [0, 0.1) is 5.92 Å². The Labute approximate surface area is 90.8 Å². The molecule has 1 aliphatic rings. The van der Waals surface area contributed by atoms with E-state index < -0.39 is 0 Å². The molecule has 0 bridgehead atoms. The van der Waals surface area contributed by atoms with Gasteiger partial charge in [0.25, 0.3) is 0 Å². The van der Waals surface area contributed by atoms with E-state index in [0.29, 0.717) is 11.7 Å². The second-order valence-corrected chi connectivity index (χ2v) is 4.15. The Morgan fingerprint density at radius 1 is 1.27 bits per heavy atom. The lowest BCUT2D eigenvalue weighted by atomic mass is 9.75. The number of carbonyl (C=O) groups excluding carboxylic acids is 1. The fraction of sp³-hybridized carbons (Fsp3) is 0.357. The summed E-state index contributed by atoms with van der Waals surface area (Å²) in [5.41, 5.74) is 1.15. The highest BCUT2D eigenvalue weighted by atomic mass is 16.1. The van der Waals surface area contributed by atoms with Crippen molar-refractivity contribution >= 4 is 5.78 Å². The third kappa shape index (κ3) is 2.01. The number of carbonyl (C=O) groups is 1. The zero-order valence-corrected chi connectivity index (χ0v) is 8.86. The molecule has 0 unspecified atom stereocenters. The quantitative estimate of drug-likeness (QED) is 0.669. The van der Waals surface area contributed by atoms with Crippen LogP contribution in [0.1, 0.15) is 30.7 Å². The van der Waals surface area contributed by atoms with Crippen molar-refractivity contribution < 1.29 is 4.79 Å². The molecule has 0 aliphatic heterocycles. The van der Waals surface area contributed by atoms with Crippen LogP contribution in [-0.2, 0) is 4.79 Å². The zero-order chi connectivity index (χ0) is 10.7. The summed E-state index contributed by atoms with van der Waals surface area (Å²) >= 11 is 0. The van der Waals surface area contributed by atoms with Crippen molar-refractivity contribution in [1.29, 1.82) is 0 Å². The molecule has 0 spiro atoms. The van der Waals surface area contributed by atoms with Crippen LogP contribution in [-0.4, -0.2) is 5.78 Å². The summed E-state index contributed by atoms with van der Waals surface area (Å²) in [5.74, 6) is 0.753. The lowest BCUT2D eigenvalue weighted by molar-refractivity contribution is -0.122. The fourth-order valence-electron chi connectivity index (χ4n) is 2.42. The summed E-state index contributed by atoms with van der Waals surface area (Å²) in [4.78, 5) is 11.9. The average molecular weight is 200 g/mol. The number of ketones is 1. The van der Waals surface area contributed by atoms with Gasteiger partial charge in [0.2, 0.25) is 0 Å². The van der Waals surface area contributed by atoms with Crippen LogP contribution in [0.15, 0.2) is 43.0 Å².